The lowest BCUT2D eigenvalue weighted by Crippen LogP contribution is -2.37. The summed E-state index contributed by atoms with van der Waals surface area (Å²) >= 11 is 0. The summed E-state index contributed by atoms with van der Waals surface area (Å²) in [6.45, 7) is 12.5. The number of benzene rings is 2. The fourth-order valence-corrected chi connectivity index (χ4v) is 3.62. The van der Waals surface area contributed by atoms with E-state index in [0.29, 0.717) is 48.4 Å². The minimum absolute atomic E-state index is 0.0126. The van der Waals surface area contributed by atoms with Gasteiger partial charge >= 0.3 is 0 Å². The van der Waals surface area contributed by atoms with E-state index in [2.05, 4.69) is 27.7 Å². The summed E-state index contributed by atoms with van der Waals surface area (Å²) in [6, 6.07) is 15.5. The zero-order valence-electron chi connectivity index (χ0n) is 18.1. The first-order valence-electron chi connectivity index (χ1n) is 10.4. The first-order valence-corrected chi connectivity index (χ1v) is 10.4. The van der Waals surface area contributed by atoms with E-state index < -0.39 is 0 Å². The van der Waals surface area contributed by atoms with Crippen LogP contribution in [0.5, 0.6) is 5.75 Å². The molecule has 4 nitrogen and oxygen atoms in total. The van der Waals surface area contributed by atoms with E-state index in [9.17, 15) is 4.79 Å². The van der Waals surface area contributed by atoms with Crippen LogP contribution in [-0.2, 0) is 0 Å². The fraction of sp³-hybridized carbons (Fsp3) is 0.400. The first-order chi connectivity index (χ1) is 13.9. The molecule has 1 aromatic heterocycles. The van der Waals surface area contributed by atoms with Crippen LogP contribution in [0, 0.1) is 11.8 Å². The topological polar surface area (TPSA) is 42.7 Å². The number of hydrogen-bond donors (Lipinski definition) is 0. The number of rotatable bonds is 8. The predicted octanol–water partition coefficient (Wildman–Crippen LogP) is 6.25. The van der Waals surface area contributed by atoms with Gasteiger partial charge in [-0.25, -0.2) is 0 Å². The smallest absolute Gasteiger partial charge is 0.258 e. The average Bonchev–Trinajstić information content (AvgIpc) is 3.06. The zero-order chi connectivity index (χ0) is 21.0. The second-order valence-electron chi connectivity index (χ2n) is 8.26. The molecule has 0 radical (unpaired) electrons. The normalized spacial score (nSPS) is 11.4. The zero-order valence-corrected chi connectivity index (χ0v) is 18.1. The minimum Gasteiger partial charge on any atom is -0.494 e. The molecule has 154 valence electrons. The molecule has 0 saturated carbocycles. The van der Waals surface area contributed by atoms with Crippen molar-refractivity contribution in [3.8, 4) is 17.1 Å². The Balaban J connectivity index is 2.18. The van der Waals surface area contributed by atoms with Crippen molar-refractivity contribution in [2.75, 3.05) is 19.7 Å². The van der Waals surface area contributed by atoms with E-state index in [1.165, 1.54) is 0 Å². The van der Waals surface area contributed by atoms with Crippen molar-refractivity contribution in [3.05, 3.63) is 54.1 Å². The molecule has 0 aliphatic rings. The Kier molecular flexibility index (Phi) is 6.63. The Morgan fingerprint density at radius 1 is 1.00 bits per heavy atom. The number of carbonyl (C=O) groups is 1. The highest BCUT2D eigenvalue weighted by molar-refractivity contribution is 6.11. The molecule has 1 heterocycles. The molecule has 0 atom stereocenters. The van der Waals surface area contributed by atoms with Crippen molar-refractivity contribution in [1.82, 2.24) is 4.90 Å². The van der Waals surface area contributed by atoms with E-state index in [-0.39, 0.29) is 5.91 Å². The van der Waals surface area contributed by atoms with Gasteiger partial charge in [0, 0.05) is 24.0 Å². The monoisotopic (exact) mass is 393 g/mol. The third-order valence-corrected chi connectivity index (χ3v) is 4.68. The Morgan fingerprint density at radius 2 is 1.66 bits per heavy atom. The largest absolute Gasteiger partial charge is 0.494 e. The summed E-state index contributed by atoms with van der Waals surface area (Å²) < 4.78 is 11.9. The van der Waals surface area contributed by atoms with E-state index in [4.69, 9.17) is 9.15 Å². The van der Waals surface area contributed by atoms with Gasteiger partial charge < -0.3 is 14.1 Å². The van der Waals surface area contributed by atoms with Gasteiger partial charge in [-0.05, 0) is 37.0 Å². The van der Waals surface area contributed by atoms with Gasteiger partial charge in [-0.2, -0.15) is 0 Å². The number of furan rings is 1. The third kappa shape index (κ3) is 4.81. The van der Waals surface area contributed by atoms with E-state index >= 15 is 0 Å². The SMILES string of the molecule is CCOc1ccc2oc(-c3ccccc3)c(C(=O)N(CC(C)C)CC(C)C)c2c1. The Hall–Kier alpha value is -2.75. The van der Waals surface area contributed by atoms with E-state index in [1.54, 1.807) is 0 Å². The van der Waals surface area contributed by atoms with Gasteiger partial charge in [0.1, 0.15) is 17.1 Å². The second kappa shape index (κ2) is 9.17. The molecule has 1 amide bonds. The maximum Gasteiger partial charge on any atom is 0.258 e. The summed E-state index contributed by atoms with van der Waals surface area (Å²) in [6.07, 6.45) is 0. The Morgan fingerprint density at radius 3 is 2.24 bits per heavy atom. The molecule has 4 heteroatoms. The highest BCUT2D eigenvalue weighted by Gasteiger charge is 2.27. The van der Waals surface area contributed by atoms with Crippen LogP contribution < -0.4 is 4.74 Å². The summed E-state index contributed by atoms with van der Waals surface area (Å²) in [7, 11) is 0. The van der Waals surface area contributed by atoms with Gasteiger partial charge in [0.05, 0.1) is 12.2 Å². The van der Waals surface area contributed by atoms with Crippen molar-refractivity contribution in [1.29, 1.82) is 0 Å². The predicted molar refractivity (Wildman–Crippen MR) is 118 cm³/mol. The second-order valence-corrected chi connectivity index (χ2v) is 8.26. The van der Waals surface area contributed by atoms with Crippen LogP contribution in [0.1, 0.15) is 45.0 Å². The first kappa shape index (κ1) is 21.0. The molecule has 29 heavy (non-hydrogen) atoms. The maximum atomic E-state index is 13.8. The molecule has 0 N–H and O–H groups in total. The number of fused-ring (bicyclic) bond motifs is 1. The summed E-state index contributed by atoms with van der Waals surface area (Å²) in [5.41, 5.74) is 2.22. The van der Waals surface area contributed by atoms with Crippen LogP contribution in [-0.4, -0.2) is 30.5 Å². The van der Waals surface area contributed by atoms with Crippen molar-refractivity contribution >= 4 is 16.9 Å². The molecule has 0 aliphatic heterocycles. The molecule has 0 aliphatic carbocycles. The molecular weight excluding hydrogens is 362 g/mol. The van der Waals surface area contributed by atoms with Gasteiger partial charge in [0.2, 0.25) is 0 Å². The number of carbonyl (C=O) groups excluding carboxylic acids is 1. The van der Waals surface area contributed by atoms with Crippen LogP contribution in [0.15, 0.2) is 52.9 Å². The lowest BCUT2D eigenvalue weighted by molar-refractivity contribution is 0.0717. The quantitative estimate of drug-likeness (QED) is 0.454. The fourth-order valence-electron chi connectivity index (χ4n) is 3.62. The summed E-state index contributed by atoms with van der Waals surface area (Å²) in [5.74, 6) is 2.15. The Labute approximate surface area is 173 Å². The van der Waals surface area contributed by atoms with Crippen LogP contribution >= 0.6 is 0 Å². The van der Waals surface area contributed by atoms with Crippen LogP contribution in [0.4, 0.5) is 0 Å². The number of hydrogen-bond acceptors (Lipinski definition) is 3. The highest BCUT2D eigenvalue weighted by atomic mass is 16.5. The van der Waals surface area contributed by atoms with Crippen molar-refractivity contribution in [2.24, 2.45) is 11.8 Å². The van der Waals surface area contributed by atoms with Crippen molar-refractivity contribution in [3.63, 3.8) is 0 Å². The van der Waals surface area contributed by atoms with Crippen molar-refractivity contribution in [2.45, 2.75) is 34.6 Å². The number of amides is 1. The molecule has 2 aromatic carbocycles. The van der Waals surface area contributed by atoms with Crippen LogP contribution in [0.2, 0.25) is 0 Å². The molecule has 0 saturated heterocycles. The van der Waals surface area contributed by atoms with Crippen molar-refractivity contribution < 1.29 is 13.9 Å². The molecule has 3 aromatic rings. The molecule has 0 spiro atoms. The Bertz CT molecular complexity index is 947. The number of nitrogens with zero attached hydrogens (tertiary/aromatic N) is 1. The highest BCUT2D eigenvalue weighted by Crippen LogP contribution is 2.36. The minimum atomic E-state index is 0.0126. The van der Waals surface area contributed by atoms with Crippen LogP contribution in [0.3, 0.4) is 0 Å². The van der Waals surface area contributed by atoms with Gasteiger partial charge in [0.25, 0.3) is 5.91 Å². The van der Waals surface area contributed by atoms with E-state index in [0.717, 1.165) is 16.7 Å². The standard InChI is InChI=1S/C25H31NO3/c1-6-28-20-12-13-22-21(14-20)23(24(29-22)19-10-8-7-9-11-19)25(27)26(15-17(2)3)16-18(4)5/h7-14,17-18H,6,15-16H2,1-5H3. The molecule has 0 bridgehead atoms. The number of ether oxygens (including phenoxy) is 1. The van der Waals surface area contributed by atoms with Gasteiger partial charge in [-0.15, -0.1) is 0 Å². The maximum absolute atomic E-state index is 13.8. The average molecular weight is 394 g/mol. The molecule has 0 fully saturated rings. The molecular formula is C25H31NO3. The van der Waals surface area contributed by atoms with Gasteiger partial charge in [-0.3, -0.25) is 4.79 Å². The summed E-state index contributed by atoms with van der Waals surface area (Å²) in [5, 5.41) is 0.803. The van der Waals surface area contributed by atoms with E-state index in [1.807, 2.05) is 60.4 Å². The summed E-state index contributed by atoms with van der Waals surface area (Å²) in [4.78, 5) is 15.7. The third-order valence-electron chi connectivity index (χ3n) is 4.68. The van der Waals surface area contributed by atoms with Crippen LogP contribution in [0.25, 0.3) is 22.3 Å². The lowest BCUT2D eigenvalue weighted by Gasteiger charge is -2.26. The van der Waals surface area contributed by atoms with Gasteiger partial charge in [-0.1, -0.05) is 58.0 Å². The molecule has 0 unspecified atom stereocenters. The van der Waals surface area contributed by atoms with Gasteiger partial charge in [0.15, 0.2) is 0 Å². The molecule has 3 rings (SSSR count). The lowest BCUT2D eigenvalue weighted by atomic mass is 10.0.